The van der Waals surface area contributed by atoms with E-state index in [1.54, 1.807) is 18.9 Å². The third-order valence-electron chi connectivity index (χ3n) is 6.28. The molecule has 8 heteroatoms. The van der Waals surface area contributed by atoms with E-state index >= 15 is 0 Å². The number of aromatic nitrogens is 1. The highest BCUT2D eigenvalue weighted by Crippen LogP contribution is 2.45. The molecule has 2 aliphatic rings. The van der Waals surface area contributed by atoms with Crippen molar-refractivity contribution in [2.45, 2.75) is 38.8 Å². The molecule has 0 saturated carbocycles. The number of methoxy groups -OCH3 is 1. The second-order valence-corrected chi connectivity index (χ2v) is 8.43. The Hall–Kier alpha value is -2.87. The van der Waals surface area contributed by atoms with Crippen molar-refractivity contribution in [2.24, 2.45) is 5.92 Å². The summed E-state index contributed by atoms with van der Waals surface area (Å²) < 4.78 is 4.99. The highest BCUT2D eigenvalue weighted by atomic mass is 16.5. The highest BCUT2D eigenvalue weighted by molar-refractivity contribution is 6.11. The van der Waals surface area contributed by atoms with Crippen LogP contribution in [0, 0.1) is 5.92 Å². The zero-order valence-corrected chi connectivity index (χ0v) is 17.8. The number of urea groups is 1. The molecule has 0 radical (unpaired) electrons. The normalized spacial score (nSPS) is 21.9. The molecule has 1 aromatic carbocycles. The smallest absolute Gasteiger partial charge is 0.328 e. The molecule has 0 aliphatic carbocycles. The second kappa shape index (κ2) is 7.43. The number of benzene rings is 1. The molecular weight excluding hydrogens is 384 g/mol. The van der Waals surface area contributed by atoms with Crippen LogP contribution < -0.4 is 5.32 Å². The average Bonchev–Trinajstić information content (AvgIpc) is 3.18. The molecule has 2 aliphatic heterocycles. The Morgan fingerprint density at radius 2 is 2.03 bits per heavy atom. The Bertz CT molecular complexity index is 1010. The van der Waals surface area contributed by atoms with Crippen LogP contribution in [0.1, 0.15) is 32.0 Å². The van der Waals surface area contributed by atoms with Gasteiger partial charge in [-0.05, 0) is 30.9 Å². The number of nitrogens with one attached hydrogen (secondary N) is 2. The molecule has 1 aromatic heterocycles. The Kier molecular flexibility index (Phi) is 5.05. The highest BCUT2D eigenvalue weighted by Gasteiger charge is 2.61. The minimum absolute atomic E-state index is 0.229. The molecule has 0 spiro atoms. The van der Waals surface area contributed by atoms with Crippen molar-refractivity contribution in [1.82, 2.24) is 20.1 Å². The van der Waals surface area contributed by atoms with E-state index in [0.717, 1.165) is 27.1 Å². The zero-order valence-electron chi connectivity index (χ0n) is 17.8. The quantitative estimate of drug-likeness (QED) is 0.560. The molecular formula is C22H28N4O4. The molecule has 0 bridgehead atoms. The van der Waals surface area contributed by atoms with Crippen molar-refractivity contribution in [2.75, 3.05) is 26.8 Å². The van der Waals surface area contributed by atoms with E-state index in [9.17, 15) is 14.4 Å². The fourth-order valence-corrected chi connectivity index (χ4v) is 4.76. The monoisotopic (exact) mass is 412 g/mol. The predicted molar refractivity (Wildman–Crippen MR) is 112 cm³/mol. The number of amides is 4. The van der Waals surface area contributed by atoms with Crippen LogP contribution in [-0.4, -0.2) is 65.5 Å². The van der Waals surface area contributed by atoms with Gasteiger partial charge in [-0.1, -0.05) is 32.0 Å². The maximum Gasteiger partial charge on any atom is 0.328 e. The van der Waals surface area contributed by atoms with Crippen LogP contribution in [0.25, 0.3) is 10.9 Å². The molecule has 160 valence electrons. The van der Waals surface area contributed by atoms with Crippen LogP contribution in [0.5, 0.6) is 0 Å². The van der Waals surface area contributed by atoms with Gasteiger partial charge in [0.1, 0.15) is 6.04 Å². The minimum Gasteiger partial charge on any atom is -0.383 e. The average molecular weight is 412 g/mol. The zero-order chi connectivity index (χ0) is 21.6. The molecule has 2 N–H and O–H groups in total. The summed E-state index contributed by atoms with van der Waals surface area (Å²) in [6.07, 6.45) is 0.661. The number of hydrogen-bond donors (Lipinski definition) is 2. The van der Waals surface area contributed by atoms with E-state index < -0.39 is 17.6 Å². The molecule has 30 heavy (non-hydrogen) atoms. The van der Waals surface area contributed by atoms with E-state index in [4.69, 9.17) is 4.74 Å². The molecule has 4 amide bonds. The number of rotatable bonds is 6. The number of fused-ring (bicyclic) bond motifs is 5. The van der Waals surface area contributed by atoms with Gasteiger partial charge in [0.2, 0.25) is 5.91 Å². The van der Waals surface area contributed by atoms with E-state index in [-0.39, 0.29) is 17.7 Å². The fraction of sp³-hybridized carbons (Fsp3) is 0.500. The number of imide groups is 1. The molecule has 4 rings (SSSR count). The molecule has 8 nitrogen and oxygen atoms in total. The van der Waals surface area contributed by atoms with Gasteiger partial charge in [-0.15, -0.1) is 0 Å². The number of hydrogen-bond acceptors (Lipinski definition) is 4. The molecule has 2 aromatic rings. The van der Waals surface area contributed by atoms with E-state index in [0.29, 0.717) is 26.1 Å². The summed E-state index contributed by atoms with van der Waals surface area (Å²) in [7, 11) is 1.55. The summed E-state index contributed by atoms with van der Waals surface area (Å²) in [5, 5.41) is 3.86. The lowest BCUT2D eigenvalue weighted by atomic mass is 9.86. The lowest BCUT2D eigenvalue weighted by Crippen LogP contribution is -2.53. The number of H-pyrrole nitrogens is 1. The van der Waals surface area contributed by atoms with Crippen LogP contribution in [0.3, 0.4) is 0 Å². The largest absolute Gasteiger partial charge is 0.383 e. The molecule has 1 fully saturated rings. The number of ether oxygens (including phenoxy) is 1. The summed E-state index contributed by atoms with van der Waals surface area (Å²) in [5.41, 5.74) is 1.61. The first-order valence-corrected chi connectivity index (χ1v) is 10.3. The standard InChI is InChI=1S/C22H28N4O4/c1-13(2)17(19(27)23-10-12-30-4)26-20(28)22(3)18-15(9-11-25(22)21(26)29)14-7-5-6-8-16(14)24-18/h5-8,13,17,24H,9-12H2,1-4H3,(H,23,27)/t17-,22-/m0/s1. The van der Waals surface area contributed by atoms with Gasteiger partial charge in [-0.25, -0.2) is 9.69 Å². The van der Waals surface area contributed by atoms with Crippen molar-refractivity contribution in [3.8, 4) is 0 Å². The predicted octanol–water partition coefficient (Wildman–Crippen LogP) is 1.99. The van der Waals surface area contributed by atoms with Crippen molar-refractivity contribution in [3.05, 3.63) is 35.5 Å². The summed E-state index contributed by atoms with van der Waals surface area (Å²) in [5.74, 6) is -0.933. The van der Waals surface area contributed by atoms with Gasteiger partial charge in [-0.3, -0.25) is 9.59 Å². The Morgan fingerprint density at radius 3 is 2.73 bits per heavy atom. The minimum atomic E-state index is -1.15. The number of para-hydroxylation sites is 1. The van der Waals surface area contributed by atoms with E-state index in [1.807, 2.05) is 38.1 Å². The van der Waals surface area contributed by atoms with Crippen LogP contribution in [0.15, 0.2) is 24.3 Å². The second-order valence-electron chi connectivity index (χ2n) is 8.43. The SMILES string of the molecule is COCCNC(=O)[C@H](C(C)C)N1C(=O)N2CCc3c([nH]c4ccccc34)[C@@]2(C)C1=O. The molecule has 3 heterocycles. The van der Waals surface area contributed by atoms with Gasteiger partial charge in [0.15, 0.2) is 5.54 Å². The van der Waals surface area contributed by atoms with Crippen LogP contribution >= 0.6 is 0 Å². The fourth-order valence-electron chi connectivity index (χ4n) is 4.76. The van der Waals surface area contributed by atoms with Crippen molar-refractivity contribution < 1.29 is 19.1 Å². The summed E-state index contributed by atoms with van der Waals surface area (Å²) in [6, 6.07) is 6.63. The van der Waals surface area contributed by atoms with Gasteiger partial charge >= 0.3 is 6.03 Å². The van der Waals surface area contributed by atoms with E-state index in [2.05, 4.69) is 10.3 Å². The first-order chi connectivity index (χ1) is 14.3. The summed E-state index contributed by atoms with van der Waals surface area (Å²) >= 11 is 0. The lowest BCUT2D eigenvalue weighted by Gasteiger charge is -2.36. The Balaban J connectivity index is 1.74. The maximum absolute atomic E-state index is 13.7. The number of aromatic amines is 1. The topological polar surface area (TPSA) is 94.7 Å². The molecule has 2 atom stereocenters. The van der Waals surface area contributed by atoms with Crippen molar-refractivity contribution in [3.63, 3.8) is 0 Å². The van der Waals surface area contributed by atoms with Gasteiger partial charge in [-0.2, -0.15) is 0 Å². The Labute approximate surface area is 175 Å². The molecule has 0 unspecified atom stereocenters. The van der Waals surface area contributed by atoms with E-state index in [1.165, 1.54) is 0 Å². The van der Waals surface area contributed by atoms with Crippen LogP contribution in [-0.2, 0) is 26.3 Å². The first kappa shape index (κ1) is 20.4. The first-order valence-electron chi connectivity index (χ1n) is 10.3. The Morgan fingerprint density at radius 1 is 1.30 bits per heavy atom. The number of nitrogens with zero attached hydrogens (tertiary/aromatic N) is 2. The maximum atomic E-state index is 13.7. The van der Waals surface area contributed by atoms with Crippen LogP contribution in [0.4, 0.5) is 4.79 Å². The van der Waals surface area contributed by atoms with Gasteiger partial charge < -0.3 is 19.9 Å². The summed E-state index contributed by atoms with van der Waals surface area (Å²) in [6.45, 7) is 6.58. The third kappa shape index (κ3) is 2.81. The number of carbonyl (C=O) groups is 3. The van der Waals surface area contributed by atoms with Crippen molar-refractivity contribution >= 4 is 28.7 Å². The van der Waals surface area contributed by atoms with Gasteiger partial charge in [0.05, 0.1) is 12.3 Å². The number of carbonyl (C=O) groups excluding carboxylic acids is 3. The molecule has 1 saturated heterocycles. The van der Waals surface area contributed by atoms with Gasteiger partial charge in [0.25, 0.3) is 5.91 Å². The summed E-state index contributed by atoms with van der Waals surface area (Å²) in [4.78, 5) is 46.1. The third-order valence-corrected chi connectivity index (χ3v) is 6.28. The van der Waals surface area contributed by atoms with Crippen LogP contribution in [0.2, 0.25) is 0 Å². The van der Waals surface area contributed by atoms with Gasteiger partial charge in [0, 0.05) is 31.1 Å². The lowest BCUT2D eigenvalue weighted by molar-refractivity contribution is -0.140. The van der Waals surface area contributed by atoms with Crippen molar-refractivity contribution in [1.29, 1.82) is 0 Å².